The third kappa shape index (κ3) is 1.68. The molecule has 0 saturated carbocycles. The summed E-state index contributed by atoms with van der Waals surface area (Å²) in [4.78, 5) is 0. The van der Waals surface area contributed by atoms with Crippen molar-refractivity contribution in [2.45, 2.75) is 6.16 Å². The minimum atomic E-state index is 1.02. The molecule has 1 rings (SSSR count). The first kappa shape index (κ1) is 7.50. The lowest BCUT2D eigenvalue weighted by atomic mass is 10.1. The first-order valence-corrected chi connectivity index (χ1v) is 4.10. The van der Waals surface area contributed by atoms with E-state index in [1.165, 1.54) is 11.1 Å². The van der Waals surface area contributed by atoms with Gasteiger partial charge in [0.15, 0.2) is 0 Å². The normalized spacial score (nSPS) is 9.30. The number of hydrogen-bond donors (Lipinski definition) is 0. The van der Waals surface area contributed by atoms with Gasteiger partial charge in [-0.3, -0.25) is 0 Å². The second-order valence-electron chi connectivity index (χ2n) is 2.15. The average molecular weight is 150 g/mol. The van der Waals surface area contributed by atoms with Gasteiger partial charge < -0.3 is 0 Å². The molecule has 0 radical (unpaired) electrons. The molecular weight excluding hydrogens is 139 g/mol. The summed E-state index contributed by atoms with van der Waals surface area (Å²) in [6.07, 6.45) is 2.88. The van der Waals surface area contributed by atoms with Crippen LogP contribution in [0.4, 0.5) is 0 Å². The van der Waals surface area contributed by atoms with E-state index >= 15 is 0 Å². The Kier molecular flexibility index (Phi) is 2.65. The molecule has 1 atom stereocenters. The molecule has 1 aromatic carbocycles. The first-order valence-electron chi connectivity index (χ1n) is 3.28. The molecule has 0 nitrogen and oxygen atoms in total. The summed E-state index contributed by atoms with van der Waals surface area (Å²) < 4.78 is 0. The van der Waals surface area contributed by atoms with Crippen LogP contribution < -0.4 is 0 Å². The average Bonchev–Trinajstić information content (AvgIpc) is 2.05. The standard InChI is InChI=1S/C9H11P/c1-2-8-4-3-5-9(6-8)7-10/h2-6H,1,7,10H2. The van der Waals surface area contributed by atoms with Crippen molar-refractivity contribution in [3.05, 3.63) is 42.0 Å². The molecular formula is C9H11P. The fraction of sp³-hybridized carbons (Fsp3) is 0.111. The molecule has 0 aliphatic carbocycles. The highest BCUT2D eigenvalue weighted by Crippen LogP contribution is 2.09. The van der Waals surface area contributed by atoms with Gasteiger partial charge in [-0.05, 0) is 17.3 Å². The molecule has 0 aromatic heterocycles. The van der Waals surface area contributed by atoms with E-state index in [-0.39, 0.29) is 0 Å². The van der Waals surface area contributed by atoms with Crippen LogP contribution in [0.15, 0.2) is 30.8 Å². The molecule has 0 N–H and O–H groups in total. The van der Waals surface area contributed by atoms with Gasteiger partial charge in [0, 0.05) is 0 Å². The van der Waals surface area contributed by atoms with E-state index in [1.807, 2.05) is 6.08 Å². The predicted molar refractivity (Wildman–Crippen MR) is 49.9 cm³/mol. The van der Waals surface area contributed by atoms with E-state index in [9.17, 15) is 0 Å². The van der Waals surface area contributed by atoms with Gasteiger partial charge >= 0.3 is 0 Å². The Bertz CT molecular complexity index is 228. The fourth-order valence-corrected chi connectivity index (χ4v) is 1.10. The Morgan fingerprint density at radius 2 is 2.30 bits per heavy atom. The molecule has 0 saturated heterocycles. The van der Waals surface area contributed by atoms with Crippen LogP contribution in [-0.2, 0) is 6.16 Å². The van der Waals surface area contributed by atoms with Crippen LogP contribution >= 0.6 is 9.24 Å². The Labute approximate surface area is 64.2 Å². The Balaban J connectivity index is 2.98. The molecule has 52 valence electrons. The van der Waals surface area contributed by atoms with Gasteiger partial charge in [-0.25, -0.2) is 0 Å². The molecule has 1 heteroatoms. The van der Waals surface area contributed by atoms with Crippen LogP contribution in [0.5, 0.6) is 0 Å². The van der Waals surface area contributed by atoms with Crippen molar-refractivity contribution in [2.24, 2.45) is 0 Å². The molecule has 0 bridgehead atoms. The molecule has 0 aliphatic heterocycles. The van der Waals surface area contributed by atoms with Crippen LogP contribution in [0.3, 0.4) is 0 Å². The number of hydrogen-bond acceptors (Lipinski definition) is 0. The van der Waals surface area contributed by atoms with Crippen molar-refractivity contribution in [3.63, 3.8) is 0 Å². The summed E-state index contributed by atoms with van der Waals surface area (Å²) >= 11 is 0. The van der Waals surface area contributed by atoms with E-state index in [0.29, 0.717) is 0 Å². The van der Waals surface area contributed by atoms with E-state index in [2.05, 4.69) is 40.1 Å². The Hall–Kier alpha value is -0.610. The highest BCUT2D eigenvalue weighted by atomic mass is 31.0. The van der Waals surface area contributed by atoms with E-state index in [1.54, 1.807) is 0 Å². The molecule has 10 heavy (non-hydrogen) atoms. The number of rotatable bonds is 2. The maximum absolute atomic E-state index is 3.70. The van der Waals surface area contributed by atoms with E-state index < -0.39 is 0 Å². The third-order valence-electron chi connectivity index (χ3n) is 1.42. The van der Waals surface area contributed by atoms with Crippen molar-refractivity contribution in [1.82, 2.24) is 0 Å². The zero-order chi connectivity index (χ0) is 7.40. The summed E-state index contributed by atoms with van der Waals surface area (Å²) in [5, 5.41) is 0. The van der Waals surface area contributed by atoms with Crippen LogP contribution in [0.1, 0.15) is 11.1 Å². The molecule has 0 heterocycles. The van der Waals surface area contributed by atoms with Crippen molar-refractivity contribution in [1.29, 1.82) is 0 Å². The van der Waals surface area contributed by atoms with Gasteiger partial charge in [0.1, 0.15) is 0 Å². The minimum Gasteiger partial charge on any atom is -0.133 e. The number of benzene rings is 1. The molecule has 0 amide bonds. The molecule has 1 unspecified atom stereocenters. The van der Waals surface area contributed by atoms with Gasteiger partial charge in [0.2, 0.25) is 0 Å². The predicted octanol–water partition coefficient (Wildman–Crippen LogP) is 2.70. The Morgan fingerprint density at radius 3 is 2.90 bits per heavy atom. The third-order valence-corrected chi connectivity index (χ3v) is 1.89. The zero-order valence-corrected chi connectivity index (χ0v) is 7.03. The summed E-state index contributed by atoms with van der Waals surface area (Å²) in [6.45, 7) is 3.70. The van der Waals surface area contributed by atoms with Crippen molar-refractivity contribution in [2.75, 3.05) is 0 Å². The summed E-state index contributed by atoms with van der Waals surface area (Å²) in [7, 11) is 2.70. The SMILES string of the molecule is C=Cc1cccc(CP)c1. The Morgan fingerprint density at radius 1 is 1.50 bits per heavy atom. The van der Waals surface area contributed by atoms with Crippen molar-refractivity contribution >= 4 is 15.3 Å². The monoisotopic (exact) mass is 150 g/mol. The van der Waals surface area contributed by atoms with Gasteiger partial charge in [-0.1, -0.05) is 36.9 Å². The van der Waals surface area contributed by atoms with E-state index in [4.69, 9.17) is 0 Å². The maximum Gasteiger partial charge on any atom is -0.0128 e. The lowest BCUT2D eigenvalue weighted by molar-refractivity contribution is 1.41. The quantitative estimate of drug-likeness (QED) is 0.568. The summed E-state index contributed by atoms with van der Waals surface area (Å²) in [5.41, 5.74) is 2.53. The van der Waals surface area contributed by atoms with Gasteiger partial charge in [0.05, 0.1) is 0 Å². The minimum absolute atomic E-state index is 1.02. The van der Waals surface area contributed by atoms with Gasteiger partial charge in [-0.15, -0.1) is 9.24 Å². The molecule has 1 aromatic rings. The van der Waals surface area contributed by atoms with Crippen LogP contribution in [-0.4, -0.2) is 0 Å². The zero-order valence-electron chi connectivity index (χ0n) is 5.88. The van der Waals surface area contributed by atoms with Crippen molar-refractivity contribution in [3.8, 4) is 0 Å². The summed E-state index contributed by atoms with van der Waals surface area (Å²) in [6, 6.07) is 8.35. The lowest BCUT2D eigenvalue weighted by Gasteiger charge is -1.96. The van der Waals surface area contributed by atoms with Crippen LogP contribution in [0.2, 0.25) is 0 Å². The molecule has 0 spiro atoms. The lowest BCUT2D eigenvalue weighted by Crippen LogP contribution is -1.76. The van der Waals surface area contributed by atoms with Crippen LogP contribution in [0, 0.1) is 0 Å². The summed E-state index contributed by atoms with van der Waals surface area (Å²) in [5.74, 6) is 0. The smallest absolute Gasteiger partial charge is 0.0128 e. The van der Waals surface area contributed by atoms with Gasteiger partial charge in [-0.2, -0.15) is 0 Å². The maximum atomic E-state index is 3.70. The topological polar surface area (TPSA) is 0 Å². The first-order chi connectivity index (χ1) is 4.86. The second kappa shape index (κ2) is 3.53. The van der Waals surface area contributed by atoms with Gasteiger partial charge in [0.25, 0.3) is 0 Å². The molecule has 0 fully saturated rings. The fourth-order valence-electron chi connectivity index (χ4n) is 0.847. The molecule has 0 aliphatic rings. The highest BCUT2D eigenvalue weighted by molar-refractivity contribution is 7.15. The largest absolute Gasteiger partial charge is 0.133 e. The van der Waals surface area contributed by atoms with Crippen LogP contribution in [0.25, 0.3) is 6.08 Å². The highest BCUT2D eigenvalue weighted by Gasteiger charge is 1.87. The second-order valence-corrected chi connectivity index (χ2v) is 2.56. The van der Waals surface area contributed by atoms with E-state index in [0.717, 1.165) is 6.16 Å². The van der Waals surface area contributed by atoms with Crippen molar-refractivity contribution < 1.29 is 0 Å².